The van der Waals surface area contributed by atoms with Gasteiger partial charge in [0.05, 0.1) is 0 Å². The first-order chi connectivity index (χ1) is 7.16. The number of nitrogens with two attached hydrogens (primary N) is 1. The Balaban J connectivity index is 2.36. The Morgan fingerprint density at radius 2 is 2.13 bits per heavy atom. The summed E-state index contributed by atoms with van der Waals surface area (Å²) in [6, 6.07) is 8.99. The van der Waals surface area contributed by atoms with Gasteiger partial charge in [-0.2, -0.15) is 0 Å². The SMILES string of the molecule is NC(=S)NC(=O)c1cc2ccccc2o1. The standard InChI is InChI=1S/C10H8N2O2S/c11-10(15)12-9(13)8-5-6-3-1-2-4-7(6)14-8/h1-5H,(H3,11,12,13,15). The van der Waals surface area contributed by atoms with Crippen LogP contribution in [0.2, 0.25) is 0 Å². The van der Waals surface area contributed by atoms with Crippen LogP contribution in [-0.4, -0.2) is 11.0 Å². The van der Waals surface area contributed by atoms with Crippen LogP contribution in [0.15, 0.2) is 34.7 Å². The Morgan fingerprint density at radius 1 is 1.40 bits per heavy atom. The maximum atomic E-state index is 11.5. The fourth-order valence-corrected chi connectivity index (χ4v) is 1.36. The molecule has 0 atom stereocenters. The highest BCUT2D eigenvalue weighted by Crippen LogP contribution is 2.18. The molecular weight excluding hydrogens is 212 g/mol. The summed E-state index contributed by atoms with van der Waals surface area (Å²) in [5, 5.41) is 3.09. The molecule has 1 heterocycles. The first kappa shape index (κ1) is 9.67. The Hall–Kier alpha value is -1.88. The summed E-state index contributed by atoms with van der Waals surface area (Å²) in [6.45, 7) is 0. The zero-order chi connectivity index (χ0) is 10.8. The van der Waals surface area contributed by atoms with E-state index in [1.807, 2.05) is 18.2 Å². The summed E-state index contributed by atoms with van der Waals surface area (Å²) in [4.78, 5) is 11.5. The fourth-order valence-electron chi connectivity index (χ4n) is 1.27. The monoisotopic (exact) mass is 220 g/mol. The van der Waals surface area contributed by atoms with Crippen molar-refractivity contribution in [1.29, 1.82) is 0 Å². The highest BCUT2D eigenvalue weighted by molar-refractivity contribution is 7.80. The minimum atomic E-state index is -0.432. The number of nitrogens with one attached hydrogen (secondary N) is 1. The molecule has 0 saturated carbocycles. The van der Waals surface area contributed by atoms with Gasteiger partial charge < -0.3 is 10.2 Å². The van der Waals surface area contributed by atoms with Gasteiger partial charge in [-0.05, 0) is 24.4 Å². The van der Waals surface area contributed by atoms with Gasteiger partial charge in [-0.15, -0.1) is 0 Å². The first-order valence-corrected chi connectivity index (χ1v) is 4.67. The lowest BCUT2D eigenvalue weighted by atomic mass is 10.2. The van der Waals surface area contributed by atoms with Crippen molar-refractivity contribution in [2.75, 3.05) is 0 Å². The number of hydrogen-bond acceptors (Lipinski definition) is 3. The second kappa shape index (κ2) is 3.70. The van der Waals surface area contributed by atoms with Gasteiger partial charge >= 0.3 is 0 Å². The molecule has 0 radical (unpaired) electrons. The highest BCUT2D eigenvalue weighted by Gasteiger charge is 2.11. The largest absolute Gasteiger partial charge is 0.451 e. The number of hydrogen-bond donors (Lipinski definition) is 2. The molecule has 15 heavy (non-hydrogen) atoms. The van der Waals surface area contributed by atoms with E-state index in [1.165, 1.54) is 0 Å². The molecule has 0 aliphatic heterocycles. The van der Waals surface area contributed by atoms with Gasteiger partial charge in [-0.1, -0.05) is 18.2 Å². The van der Waals surface area contributed by atoms with Crippen LogP contribution in [0, 0.1) is 0 Å². The lowest BCUT2D eigenvalue weighted by molar-refractivity contribution is 0.0952. The molecule has 0 unspecified atom stereocenters. The summed E-state index contributed by atoms with van der Waals surface area (Å²) >= 11 is 4.56. The number of thiocarbonyl (C=S) groups is 1. The Labute approximate surface area is 91.0 Å². The summed E-state index contributed by atoms with van der Waals surface area (Å²) < 4.78 is 5.30. The molecule has 1 aromatic heterocycles. The molecule has 3 N–H and O–H groups in total. The molecule has 0 aliphatic rings. The first-order valence-electron chi connectivity index (χ1n) is 4.26. The molecule has 0 spiro atoms. The van der Waals surface area contributed by atoms with Crippen LogP contribution in [0.4, 0.5) is 0 Å². The molecular formula is C10H8N2O2S. The zero-order valence-electron chi connectivity index (χ0n) is 7.69. The van der Waals surface area contributed by atoms with E-state index in [1.54, 1.807) is 12.1 Å². The van der Waals surface area contributed by atoms with Crippen LogP contribution in [0.25, 0.3) is 11.0 Å². The van der Waals surface area contributed by atoms with E-state index >= 15 is 0 Å². The molecule has 0 saturated heterocycles. The quantitative estimate of drug-likeness (QED) is 0.713. The summed E-state index contributed by atoms with van der Waals surface area (Å²) in [5.41, 5.74) is 5.84. The molecule has 0 bridgehead atoms. The van der Waals surface area contributed by atoms with Crippen LogP contribution < -0.4 is 11.1 Å². The van der Waals surface area contributed by atoms with Gasteiger partial charge in [0.15, 0.2) is 10.9 Å². The second-order valence-corrected chi connectivity index (χ2v) is 3.41. The van der Waals surface area contributed by atoms with Gasteiger partial charge in [0.25, 0.3) is 5.91 Å². The number of rotatable bonds is 1. The van der Waals surface area contributed by atoms with Crippen molar-refractivity contribution in [3.05, 3.63) is 36.1 Å². The number of benzene rings is 1. The van der Waals surface area contributed by atoms with Crippen LogP contribution in [0.5, 0.6) is 0 Å². The van der Waals surface area contributed by atoms with E-state index < -0.39 is 5.91 Å². The van der Waals surface area contributed by atoms with Crippen molar-refractivity contribution in [1.82, 2.24) is 5.32 Å². The maximum Gasteiger partial charge on any atom is 0.293 e. The predicted octanol–water partition coefficient (Wildman–Crippen LogP) is 1.41. The highest BCUT2D eigenvalue weighted by atomic mass is 32.1. The van der Waals surface area contributed by atoms with Gasteiger partial charge in [0, 0.05) is 5.39 Å². The Bertz CT molecular complexity index is 500. The number of amides is 1. The van der Waals surface area contributed by atoms with Gasteiger partial charge in [-0.25, -0.2) is 0 Å². The number of para-hydroxylation sites is 1. The van der Waals surface area contributed by atoms with Gasteiger partial charge in [0.2, 0.25) is 0 Å². The van der Waals surface area contributed by atoms with Crippen molar-refractivity contribution in [2.45, 2.75) is 0 Å². The molecule has 0 fully saturated rings. The molecule has 76 valence electrons. The molecule has 4 nitrogen and oxygen atoms in total. The number of furan rings is 1. The number of fused-ring (bicyclic) bond motifs is 1. The van der Waals surface area contributed by atoms with Crippen LogP contribution >= 0.6 is 12.2 Å². The van der Waals surface area contributed by atoms with E-state index in [0.717, 1.165) is 5.39 Å². The van der Waals surface area contributed by atoms with E-state index in [9.17, 15) is 4.79 Å². The predicted molar refractivity (Wildman–Crippen MR) is 60.5 cm³/mol. The van der Waals surface area contributed by atoms with E-state index in [0.29, 0.717) is 5.58 Å². The molecule has 2 rings (SSSR count). The van der Waals surface area contributed by atoms with Crippen molar-refractivity contribution in [2.24, 2.45) is 5.73 Å². The summed E-state index contributed by atoms with van der Waals surface area (Å²) in [7, 11) is 0. The second-order valence-electron chi connectivity index (χ2n) is 2.97. The third kappa shape index (κ3) is 1.97. The molecule has 0 aliphatic carbocycles. The summed E-state index contributed by atoms with van der Waals surface area (Å²) in [6.07, 6.45) is 0. The molecule has 5 heteroatoms. The van der Waals surface area contributed by atoms with Crippen LogP contribution in [-0.2, 0) is 0 Å². The van der Waals surface area contributed by atoms with Gasteiger partial charge in [-0.3, -0.25) is 10.1 Å². The third-order valence-corrected chi connectivity index (χ3v) is 1.99. The average Bonchev–Trinajstić information content (AvgIpc) is 2.59. The average molecular weight is 220 g/mol. The molecule has 1 aromatic carbocycles. The fraction of sp³-hybridized carbons (Fsp3) is 0. The lowest BCUT2D eigenvalue weighted by Gasteiger charge is -1.97. The molecule has 1 amide bonds. The number of carbonyl (C=O) groups excluding carboxylic acids is 1. The Morgan fingerprint density at radius 3 is 2.80 bits per heavy atom. The van der Waals surface area contributed by atoms with E-state index in [2.05, 4.69) is 17.5 Å². The molecule has 2 aromatic rings. The zero-order valence-corrected chi connectivity index (χ0v) is 8.51. The van der Waals surface area contributed by atoms with Crippen molar-refractivity contribution in [3.8, 4) is 0 Å². The van der Waals surface area contributed by atoms with Crippen LogP contribution in [0.1, 0.15) is 10.6 Å². The smallest absolute Gasteiger partial charge is 0.293 e. The lowest BCUT2D eigenvalue weighted by Crippen LogP contribution is -2.34. The van der Waals surface area contributed by atoms with Crippen LogP contribution in [0.3, 0.4) is 0 Å². The maximum absolute atomic E-state index is 11.5. The third-order valence-electron chi connectivity index (χ3n) is 1.89. The van der Waals surface area contributed by atoms with E-state index in [4.69, 9.17) is 10.2 Å². The normalized spacial score (nSPS) is 10.1. The van der Waals surface area contributed by atoms with E-state index in [-0.39, 0.29) is 10.9 Å². The van der Waals surface area contributed by atoms with Crippen molar-refractivity contribution < 1.29 is 9.21 Å². The Kier molecular flexibility index (Phi) is 2.39. The van der Waals surface area contributed by atoms with Crippen molar-refractivity contribution >= 4 is 34.2 Å². The minimum absolute atomic E-state index is 0.0690. The number of carbonyl (C=O) groups is 1. The van der Waals surface area contributed by atoms with Gasteiger partial charge in [0.1, 0.15) is 5.58 Å². The topological polar surface area (TPSA) is 68.3 Å². The summed E-state index contributed by atoms with van der Waals surface area (Å²) in [5.74, 6) is -0.234. The van der Waals surface area contributed by atoms with Crippen molar-refractivity contribution in [3.63, 3.8) is 0 Å². The minimum Gasteiger partial charge on any atom is -0.451 e.